The minimum atomic E-state index is -0.796. The Morgan fingerprint density at radius 1 is 1.45 bits per heavy atom. The van der Waals surface area contributed by atoms with Gasteiger partial charge in [-0.15, -0.1) is 0 Å². The fourth-order valence-corrected chi connectivity index (χ4v) is 2.59. The van der Waals surface area contributed by atoms with E-state index in [4.69, 9.17) is 10.4 Å². The highest BCUT2D eigenvalue weighted by atomic mass is 16.4. The molecule has 0 bridgehead atoms. The molecular weight excluding hydrogens is 256 g/mol. The van der Waals surface area contributed by atoms with Crippen LogP contribution in [0.15, 0.2) is 24.3 Å². The molecule has 0 radical (unpaired) electrons. The number of nitrogens with zero attached hydrogens (tertiary/aromatic N) is 2. The van der Waals surface area contributed by atoms with Crippen LogP contribution >= 0.6 is 0 Å². The summed E-state index contributed by atoms with van der Waals surface area (Å²) in [7, 11) is 0. The highest BCUT2D eigenvalue weighted by Gasteiger charge is 2.32. The van der Waals surface area contributed by atoms with E-state index >= 15 is 0 Å². The van der Waals surface area contributed by atoms with E-state index in [-0.39, 0.29) is 17.9 Å². The molecule has 2 rings (SSSR count). The number of piperidine rings is 1. The maximum Gasteiger partial charge on any atom is 0.306 e. The number of likely N-dealkylation sites (tertiary alicyclic amines) is 1. The van der Waals surface area contributed by atoms with Crippen molar-refractivity contribution < 1.29 is 14.7 Å². The standard InChI is InChI=1S/C15H16N2O3/c1-10-7-13(15(19)20)5-6-17(10)14(18)12-4-2-3-11(8-12)9-16/h2-4,8,10,13H,5-7H2,1H3,(H,19,20). The van der Waals surface area contributed by atoms with Gasteiger partial charge in [0, 0.05) is 18.2 Å². The first-order chi connectivity index (χ1) is 9.52. The van der Waals surface area contributed by atoms with Gasteiger partial charge in [-0.05, 0) is 38.0 Å². The van der Waals surface area contributed by atoms with Crippen molar-refractivity contribution in [3.05, 3.63) is 35.4 Å². The minimum absolute atomic E-state index is 0.108. The molecule has 5 heteroatoms. The van der Waals surface area contributed by atoms with Crippen LogP contribution in [0.5, 0.6) is 0 Å². The van der Waals surface area contributed by atoms with Crippen LogP contribution in [0.2, 0.25) is 0 Å². The van der Waals surface area contributed by atoms with Crippen molar-refractivity contribution in [2.45, 2.75) is 25.8 Å². The third-order valence-electron chi connectivity index (χ3n) is 3.72. The number of nitriles is 1. The van der Waals surface area contributed by atoms with Crippen molar-refractivity contribution in [2.75, 3.05) is 6.54 Å². The van der Waals surface area contributed by atoms with E-state index in [1.807, 2.05) is 13.0 Å². The van der Waals surface area contributed by atoms with Crippen molar-refractivity contribution in [3.63, 3.8) is 0 Å². The Labute approximate surface area is 117 Å². The number of hydrogen-bond acceptors (Lipinski definition) is 3. The summed E-state index contributed by atoms with van der Waals surface area (Å²) in [6.45, 7) is 2.30. The predicted molar refractivity (Wildman–Crippen MR) is 72.0 cm³/mol. The zero-order valence-electron chi connectivity index (χ0n) is 11.2. The molecule has 5 nitrogen and oxygen atoms in total. The van der Waals surface area contributed by atoms with Gasteiger partial charge in [-0.2, -0.15) is 5.26 Å². The average molecular weight is 272 g/mol. The topological polar surface area (TPSA) is 81.4 Å². The summed E-state index contributed by atoms with van der Waals surface area (Å²) in [5, 5.41) is 17.9. The molecule has 0 aromatic heterocycles. The Morgan fingerprint density at radius 2 is 2.20 bits per heavy atom. The molecule has 1 amide bonds. The first kappa shape index (κ1) is 14.1. The largest absolute Gasteiger partial charge is 0.481 e. The lowest BCUT2D eigenvalue weighted by molar-refractivity contribution is -0.143. The number of benzene rings is 1. The average Bonchev–Trinajstić information content (AvgIpc) is 2.46. The SMILES string of the molecule is CC1CC(C(=O)O)CCN1C(=O)c1cccc(C#N)c1. The summed E-state index contributed by atoms with van der Waals surface area (Å²) in [5.74, 6) is -1.31. The second-order valence-electron chi connectivity index (χ2n) is 5.10. The first-order valence-corrected chi connectivity index (χ1v) is 6.57. The molecular formula is C15H16N2O3. The van der Waals surface area contributed by atoms with Gasteiger partial charge in [0.1, 0.15) is 0 Å². The van der Waals surface area contributed by atoms with E-state index in [0.29, 0.717) is 30.5 Å². The van der Waals surface area contributed by atoms with Gasteiger partial charge >= 0.3 is 5.97 Å². The van der Waals surface area contributed by atoms with Gasteiger partial charge in [-0.1, -0.05) is 6.07 Å². The van der Waals surface area contributed by atoms with Crippen molar-refractivity contribution >= 4 is 11.9 Å². The van der Waals surface area contributed by atoms with Gasteiger partial charge in [0.15, 0.2) is 0 Å². The van der Waals surface area contributed by atoms with E-state index in [1.165, 1.54) is 0 Å². The van der Waals surface area contributed by atoms with Crippen LogP contribution in [0, 0.1) is 17.2 Å². The minimum Gasteiger partial charge on any atom is -0.481 e. The van der Waals surface area contributed by atoms with E-state index in [0.717, 1.165) is 0 Å². The molecule has 1 fully saturated rings. The molecule has 104 valence electrons. The molecule has 2 unspecified atom stereocenters. The number of aliphatic carboxylic acids is 1. The van der Waals surface area contributed by atoms with E-state index in [2.05, 4.69) is 0 Å². The zero-order chi connectivity index (χ0) is 14.7. The Bertz CT molecular complexity index is 577. The quantitative estimate of drug-likeness (QED) is 0.891. The summed E-state index contributed by atoms with van der Waals surface area (Å²) < 4.78 is 0. The number of carboxylic acid groups (broad SMARTS) is 1. The van der Waals surface area contributed by atoms with Crippen LogP contribution in [-0.2, 0) is 4.79 Å². The third-order valence-corrected chi connectivity index (χ3v) is 3.72. The van der Waals surface area contributed by atoms with Gasteiger partial charge in [-0.25, -0.2) is 0 Å². The number of carbonyl (C=O) groups is 2. The van der Waals surface area contributed by atoms with Crippen LogP contribution in [0.25, 0.3) is 0 Å². The Kier molecular flexibility index (Phi) is 4.04. The lowest BCUT2D eigenvalue weighted by Gasteiger charge is -2.36. The fraction of sp³-hybridized carbons (Fsp3) is 0.400. The van der Waals surface area contributed by atoms with Crippen LogP contribution < -0.4 is 0 Å². The summed E-state index contributed by atoms with van der Waals surface area (Å²) in [4.78, 5) is 25.1. The highest BCUT2D eigenvalue weighted by Crippen LogP contribution is 2.24. The maximum absolute atomic E-state index is 12.4. The van der Waals surface area contributed by atoms with Gasteiger partial charge in [-0.3, -0.25) is 9.59 Å². The molecule has 1 aromatic rings. The molecule has 0 aliphatic carbocycles. The van der Waals surface area contributed by atoms with Crippen molar-refractivity contribution in [1.29, 1.82) is 5.26 Å². The van der Waals surface area contributed by atoms with Gasteiger partial charge in [0.05, 0.1) is 17.6 Å². The molecule has 1 saturated heterocycles. The summed E-state index contributed by atoms with van der Waals surface area (Å²) in [6, 6.07) is 8.48. The van der Waals surface area contributed by atoms with Crippen LogP contribution in [0.1, 0.15) is 35.7 Å². The number of amides is 1. The van der Waals surface area contributed by atoms with E-state index in [9.17, 15) is 9.59 Å². The van der Waals surface area contributed by atoms with Crippen molar-refractivity contribution in [3.8, 4) is 6.07 Å². The second kappa shape index (κ2) is 5.74. The Hall–Kier alpha value is -2.35. The monoisotopic (exact) mass is 272 g/mol. The molecule has 1 N–H and O–H groups in total. The predicted octanol–water partition coefficient (Wildman–Crippen LogP) is 1.88. The van der Waals surface area contributed by atoms with E-state index < -0.39 is 5.97 Å². The third kappa shape index (κ3) is 2.80. The summed E-state index contributed by atoms with van der Waals surface area (Å²) in [6.07, 6.45) is 0.947. The van der Waals surface area contributed by atoms with Gasteiger partial charge in [0.25, 0.3) is 5.91 Å². The second-order valence-corrected chi connectivity index (χ2v) is 5.10. The fourth-order valence-electron chi connectivity index (χ4n) is 2.59. The summed E-state index contributed by atoms with van der Waals surface area (Å²) in [5.41, 5.74) is 0.925. The smallest absolute Gasteiger partial charge is 0.306 e. The molecule has 1 aliphatic rings. The van der Waals surface area contributed by atoms with Gasteiger partial charge < -0.3 is 10.0 Å². The normalized spacial score (nSPS) is 22.1. The molecule has 1 heterocycles. The molecule has 1 aliphatic heterocycles. The maximum atomic E-state index is 12.4. The summed E-state index contributed by atoms with van der Waals surface area (Å²) >= 11 is 0. The number of carbonyl (C=O) groups excluding carboxylic acids is 1. The lowest BCUT2D eigenvalue weighted by atomic mass is 9.91. The van der Waals surface area contributed by atoms with Crippen LogP contribution in [0.3, 0.4) is 0 Å². The molecule has 20 heavy (non-hydrogen) atoms. The van der Waals surface area contributed by atoms with Gasteiger partial charge in [0.2, 0.25) is 0 Å². The molecule has 1 aromatic carbocycles. The number of rotatable bonds is 2. The van der Waals surface area contributed by atoms with Crippen molar-refractivity contribution in [2.24, 2.45) is 5.92 Å². The Balaban J connectivity index is 2.14. The molecule has 0 saturated carbocycles. The first-order valence-electron chi connectivity index (χ1n) is 6.57. The van der Waals surface area contributed by atoms with Crippen molar-refractivity contribution in [1.82, 2.24) is 4.90 Å². The van der Waals surface area contributed by atoms with Crippen LogP contribution in [-0.4, -0.2) is 34.5 Å². The highest BCUT2D eigenvalue weighted by molar-refractivity contribution is 5.95. The Morgan fingerprint density at radius 3 is 2.80 bits per heavy atom. The molecule has 0 spiro atoms. The van der Waals surface area contributed by atoms with Crippen LogP contribution in [0.4, 0.5) is 0 Å². The van der Waals surface area contributed by atoms with E-state index in [1.54, 1.807) is 29.2 Å². The molecule has 2 atom stereocenters. The number of hydrogen-bond donors (Lipinski definition) is 1. The lowest BCUT2D eigenvalue weighted by Crippen LogP contribution is -2.46. The zero-order valence-corrected chi connectivity index (χ0v) is 11.2. The number of carboxylic acids is 1.